The van der Waals surface area contributed by atoms with Crippen molar-refractivity contribution in [1.82, 2.24) is 24.9 Å². The Morgan fingerprint density at radius 2 is 2.06 bits per heavy atom. The number of anilines is 1. The Morgan fingerprint density at radius 1 is 1.24 bits per heavy atom. The van der Waals surface area contributed by atoms with Gasteiger partial charge < -0.3 is 10.3 Å². The van der Waals surface area contributed by atoms with Gasteiger partial charge in [-0.1, -0.05) is 11.6 Å². The minimum Gasteiger partial charge on any atom is -0.371 e. The Balaban J connectivity index is 2.54. The second-order valence-corrected chi connectivity index (χ2v) is 4.02. The van der Waals surface area contributed by atoms with E-state index in [0.717, 1.165) is 5.52 Å². The average molecular weight is 269 g/mol. The van der Waals surface area contributed by atoms with Gasteiger partial charge in [-0.05, 0) is 11.6 Å². The number of aromatic nitrogens is 5. The van der Waals surface area contributed by atoms with Crippen LogP contribution in [0.5, 0.6) is 0 Å². The second-order valence-electron chi connectivity index (χ2n) is 3.33. The van der Waals surface area contributed by atoms with Crippen LogP contribution in [0.4, 0.5) is 5.82 Å². The first-order valence-corrected chi connectivity index (χ1v) is 5.49. The van der Waals surface area contributed by atoms with Gasteiger partial charge in [-0.2, -0.15) is 4.98 Å². The summed E-state index contributed by atoms with van der Waals surface area (Å²) in [6.45, 7) is 0. The topological polar surface area (TPSA) is 79.4 Å². The van der Waals surface area contributed by atoms with E-state index in [1.165, 1.54) is 6.33 Å². The lowest BCUT2D eigenvalue weighted by Gasteiger charge is -1.98. The first-order chi connectivity index (χ1) is 8.20. The summed E-state index contributed by atoms with van der Waals surface area (Å²) in [7, 11) is 1.77. The molecule has 3 aromatic rings. The molecule has 0 atom stereocenters. The zero-order chi connectivity index (χ0) is 12.0. The molecule has 6 nitrogen and oxygen atoms in total. The van der Waals surface area contributed by atoms with E-state index in [4.69, 9.17) is 23.2 Å². The number of halogens is 2. The molecule has 0 fully saturated rings. The van der Waals surface area contributed by atoms with Gasteiger partial charge in [0.25, 0.3) is 0 Å². The number of aromatic amines is 1. The lowest BCUT2D eigenvalue weighted by Crippen LogP contribution is -1.93. The smallest absolute Gasteiger partial charge is 0.225 e. The van der Waals surface area contributed by atoms with E-state index < -0.39 is 0 Å². The van der Waals surface area contributed by atoms with Crippen molar-refractivity contribution in [2.75, 3.05) is 12.4 Å². The molecule has 0 amide bonds. The summed E-state index contributed by atoms with van der Waals surface area (Å²) in [5.74, 6) is 0.667. The van der Waals surface area contributed by atoms with Crippen LogP contribution in [-0.4, -0.2) is 32.0 Å². The van der Waals surface area contributed by atoms with E-state index in [1.54, 1.807) is 7.05 Å². The van der Waals surface area contributed by atoms with Crippen LogP contribution in [0.3, 0.4) is 0 Å². The van der Waals surface area contributed by atoms with Gasteiger partial charge in [-0.25, -0.2) is 15.0 Å². The Hall–Kier alpha value is -1.66. The molecule has 0 aliphatic carbocycles. The molecule has 17 heavy (non-hydrogen) atoms. The third-order valence-electron chi connectivity index (χ3n) is 2.40. The number of hydrogen-bond donors (Lipinski definition) is 2. The summed E-state index contributed by atoms with van der Waals surface area (Å²) < 4.78 is 0. The van der Waals surface area contributed by atoms with Crippen LogP contribution in [0, 0.1) is 0 Å². The molecule has 3 heterocycles. The lowest BCUT2D eigenvalue weighted by atomic mass is 10.3. The van der Waals surface area contributed by atoms with Crippen LogP contribution in [-0.2, 0) is 0 Å². The van der Waals surface area contributed by atoms with Crippen molar-refractivity contribution < 1.29 is 0 Å². The molecule has 3 aromatic heterocycles. The van der Waals surface area contributed by atoms with E-state index in [1.807, 2.05) is 0 Å². The van der Waals surface area contributed by atoms with Crippen LogP contribution in [0.25, 0.3) is 22.1 Å². The van der Waals surface area contributed by atoms with Crippen molar-refractivity contribution in [3.63, 3.8) is 0 Å². The zero-order valence-corrected chi connectivity index (χ0v) is 10.1. The molecule has 0 bridgehead atoms. The largest absolute Gasteiger partial charge is 0.371 e. The number of H-pyrrole nitrogens is 1. The fourth-order valence-corrected chi connectivity index (χ4v) is 2.18. The molecule has 0 radical (unpaired) electrons. The maximum absolute atomic E-state index is 6.04. The molecule has 8 heteroatoms. The summed E-state index contributed by atoms with van der Waals surface area (Å²) in [6.07, 6.45) is 1.45. The van der Waals surface area contributed by atoms with E-state index in [0.29, 0.717) is 22.4 Å². The fraction of sp³-hybridized carbons (Fsp3) is 0.111. The van der Waals surface area contributed by atoms with Gasteiger partial charge in [0.15, 0.2) is 5.82 Å². The minimum absolute atomic E-state index is 0.0908. The Kier molecular flexibility index (Phi) is 2.27. The predicted molar refractivity (Wildman–Crippen MR) is 66.6 cm³/mol. The summed E-state index contributed by atoms with van der Waals surface area (Å²) >= 11 is 11.8. The normalized spacial score (nSPS) is 11.2. The second kappa shape index (κ2) is 3.68. The average Bonchev–Trinajstić information content (AvgIpc) is 2.66. The number of nitrogens with one attached hydrogen (secondary N) is 2. The molecule has 0 aliphatic rings. The van der Waals surface area contributed by atoms with E-state index >= 15 is 0 Å². The van der Waals surface area contributed by atoms with Crippen LogP contribution in [0.2, 0.25) is 10.4 Å². The van der Waals surface area contributed by atoms with Gasteiger partial charge in [0, 0.05) is 7.05 Å². The summed E-state index contributed by atoms with van der Waals surface area (Å²) in [4.78, 5) is 19.3. The standard InChI is InChI=1S/C9H6Cl2N6/c1-12-8-5-4(13-2-14-8)3-6(10)16-9(11)17-7(3)15-5/h2H,1H3,(H,12,13,14)(H,15,16,17). The third-order valence-corrected chi connectivity index (χ3v) is 2.84. The Morgan fingerprint density at radius 3 is 2.82 bits per heavy atom. The third kappa shape index (κ3) is 1.49. The van der Waals surface area contributed by atoms with Crippen molar-refractivity contribution in [2.24, 2.45) is 0 Å². The van der Waals surface area contributed by atoms with Crippen molar-refractivity contribution in [1.29, 1.82) is 0 Å². The minimum atomic E-state index is 0.0908. The molecule has 0 saturated heterocycles. The molecule has 0 saturated carbocycles. The SMILES string of the molecule is CNc1ncnc2c1[nH]c1nc(Cl)nc(Cl)c12. The van der Waals surface area contributed by atoms with Gasteiger partial charge in [-0.3, -0.25) is 0 Å². The first kappa shape index (κ1) is 10.5. The van der Waals surface area contributed by atoms with Gasteiger partial charge in [0.05, 0.1) is 5.39 Å². The summed E-state index contributed by atoms with van der Waals surface area (Å²) in [5, 5.41) is 3.96. The summed E-state index contributed by atoms with van der Waals surface area (Å²) in [6, 6.07) is 0. The van der Waals surface area contributed by atoms with Crippen molar-refractivity contribution >= 4 is 51.1 Å². The number of hydrogen-bond acceptors (Lipinski definition) is 5. The molecule has 86 valence electrons. The highest BCUT2D eigenvalue weighted by Crippen LogP contribution is 2.30. The maximum atomic E-state index is 6.04. The summed E-state index contributed by atoms with van der Waals surface area (Å²) in [5.41, 5.74) is 1.94. The van der Waals surface area contributed by atoms with Crippen LogP contribution in [0.1, 0.15) is 0 Å². The van der Waals surface area contributed by atoms with Crippen LogP contribution in [0.15, 0.2) is 6.33 Å². The van der Waals surface area contributed by atoms with E-state index in [9.17, 15) is 0 Å². The van der Waals surface area contributed by atoms with E-state index in [2.05, 4.69) is 30.2 Å². The highest BCUT2D eigenvalue weighted by Gasteiger charge is 2.15. The van der Waals surface area contributed by atoms with E-state index in [-0.39, 0.29) is 10.4 Å². The molecule has 0 aromatic carbocycles. The van der Waals surface area contributed by atoms with Crippen molar-refractivity contribution in [3.8, 4) is 0 Å². The van der Waals surface area contributed by atoms with Crippen molar-refractivity contribution in [3.05, 3.63) is 16.8 Å². The lowest BCUT2D eigenvalue weighted by molar-refractivity contribution is 1.20. The Labute approximate surface area is 105 Å². The fourth-order valence-electron chi connectivity index (χ4n) is 1.71. The molecule has 0 spiro atoms. The monoisotopic (exact) mass is 268 g/mol. The van der Waals surface area contributed by atoms with Crippen LogP contribution < -0.4 is 5.32 Å². The molecule has 0 aliphatic heterocycles. The molecular formula is C9H6Cl2N6. The van der Waals surface area contributed by atoms with Crippen molar-refractivity contribution in [2.45, 2.75) is 0 Å². The molecule has 3 rings (SSSR count). The highest BCUT2D eigenvalue weighted by atomic mass is 35.5. The number of fused-ring (bicyclic) bond motifs is 3. The number of nitrogens with zero attached hydrogens (tertiary/aromatic N) is 4. The Bertz CT molecular complexity index is 722. The molecular weight excluding hydrogens is 263 g/mol. The molecule has 2 N–H and O–H groups in total. The maximum Gasteiger partial charge on any atom is 0.225 e. The van der Waals surface area contributed by atoms with Crippen LogP contribution >= 0.6 is 23.2 Å². The zero-order valence-electron chi connectivity index (χ0n) is 8.62. The van der Waals surface area contributed by atoms with Gasteiger partial charge >= 0.3 is 0 Å². The van der Waals surface area contributed by atoms with Gasteiger partial charge in [-0.15, -0.1) is 0 Å². The quantitative estimate of drug-likeness (QED) is 0.523. The van der Waals surface area contributed by atoms with Gasteiger partial charge in [0.1, 0.15) is 28.2 Å². The first-order valence-electron chi connectivity index (χ1n) is 4.74. The highest BCUT2D eigenvalue weighted by molar-refractivity contribution is 6.37. The molecule has 0 unspecified atom stereocenters. The predicted octanol–water partition coefficient (Wildman–Crippen LogP) is 2.25. The number of rotatable bonds is 1. The van der Waals surface area contributed by atoms with Gasteiger partial charge in [0.2, 0.25) is 5.28 Å².